The second kappa shape index (κ2) is 7.13. The molecule has 1 saturated heterocycles. The maximum Gasteiger partial charge on any atom is 0.253 e. The average molecular weight is 303 g/mol. The molecule has 1 heterocycles. The number of rotatable bonds is 2. The van der Waals surface area contributed by atoms with Crippen LogP contribution in [0.5, 0.6) is 0 Å². The molecule has 2 N–H and O–H groups in total. The van der Waals surface area contributed by atoms with Crippen molar-refractivity contribution in [3.63, 3.8) is 0 Å². The number of hydrogen-bond acceptors (Lipinski definition) is 2. The molecule has 19 heavy (non-hydrogen) atoms. The topological polar surface area (TPSA) is 46.3 Å². The van der Waals surface area contributed by atoms with Gasteiger partial charge >= 0.3 is 0 Å². The van der Waals surface area contributed by atoms with E-state index in [0.29, 0.717) is 16.5 Å². The average Bonchev–Trinajstić information content (AvgIpc) is 2.39. The van der Waals surface area contributed by atoms with E-state index >= 15 is 0 Å². The lowest BCUT2D eigenvalue weighted by atomic mass is 9.92. The molecule has 1 amide bonds. The Labute approximate surface area is 125 Å². The number of hydrogen-bond donors (Lipinski definition) is 1. The zero-order valence-electron chi connectivity index (χ0n) is 11.0. The van der Waals surface area contributed by atoms with Crippen molar-refractivity contribution in [2.75, 3.05) is 13.1 Å². The summed E-state index contributed by atoms with van der Waals surface area (Å²) in [6.45, 7) is 3.60. The summed E-state index contributed by atoms with van der Waals surface area (Å²) in [6.07, 6.45) is 2.15. The van der Waals surface area contributed by atoms with Crippen molar-refractivity contribution in [1.29, 1.82) is 0 Å². The third-order valence-corrected chi connectivity index (χ3v) is 3.83. The van der Waals surface area contributed by atoms with E-state index in [-0.39, 0.29) is 24.4 Å². The molecule has 2 atom stereocenters. The second-order valence-electron chi connectivity index (χ2n) is 5.02. The van der Waals surface area contributed by atoms with Crippen molar-refractivity contribution < 1.29 is 4.79 Å². The third kappa shape index (κ3) is 4.10. The molecular formula is C14H20Cl2N2O. The normalized spacial score (nSPS) is 20.6. The van der Waals surface area contributed by atoms with Crippen molar-refractivity contribution in [2.45, 2.75) is 25.8 Å². The summed E-state index contributed by atoms with van der Waals surface area (Å²) in [7, 11) is 0. The number of nitrogens with two attached hydrogens (primary N) is 1. The van der Waals surface area contributed by atoms with E-state index in [4.69, 9.17) is 17.3 Å². The summed E-state index contributed by atoms with van der Waals surface area (Å²) in [4.78, 5) is 14.2. The molecule has 1 fully saturated rings. The number of carbonyl (C=O) groups excluding carboxylic acids is 1. The number of likely N-dealkylation sites (tertiary alicyclic amines) is 1. The van der Waals surface area contributed by atoms with Crippen LogP contribution in [0.1, 0.15) is 30.1 Å². The monoisotopic (exact) mass is 302 g/mol. The molecule has 0 aliphatic carbocycles. The Morgan fingerprint density at radius 3 is 2.63 bits per heavy atom. The van der Waals surface area contributed by atoms with Gasteiger partial charge in [0.1, 0.15) is 0 Å². The first kappa shape index (κ1) is 16.3. The van der Waals surface area contributed by atoms with Gasteiger partial charge in [-0.2, -0.15) is 0 Å². The highest BCUT2D eigenvalue weighted by atomic mass is 35.5. The molecule has 0 bridgehead atoms. The second-order valence-corrected chi connectivity index (χ2v) is 5.46. The highest BCUT2D eigenvalue weighted by Crippen LogP contribution is 2.21. The molecule has 0 spiro atoms. The highest BCUT2D eigenvalue weighted by Gasteiger charge is 2.26. The van der Waals surface area contributed by atoms with Crippen molar-refractivity contribution >= 4 is 29.9 Å². The Hall–Kier alpha value is -0.770. The van der Waals surface area contributed by atoms with Gasteiger partial charge in [-0.1, -0.05) is 11.6 Å². The summed E-state index contributed by atoms with van der Waals surface area (Å²) in [5.74, 6) is 0.493. The minimum atomic E-state index is 0. The molecule has 2 rings (SSSR count). The maximum atomic E-state index is 12.3. The molecule has 0 saturated carbocycles. The zero-order chi connectivity index (χ0) is 13.1. The first-order valence-electron chi connectivity index (χ1n) is 6.38. The quantitative estimate of drug-likeness (QED) is 0.913. The van der Waals surface area contributed by atoms with E-state index in [9.17, 15) is 4.79 Å². The van der Waals surface area contributed by atoms with Gasteiger partial charge in [0.2, 0.25) is 0 Å². The van der Waals surface area contributed by atoms with Crippen LogP contribution in [0.4, 0.5) is 0 Å². The van der Waals surface area contributed by atoms with Gasteiger partial charge in [-0.25, -0.2) is 0 Å². The molecule has 1 aliphatic rings. The smallest absolute Gasteiger partial charge is 0.253 e. The molecule has 1 aliphatic heterocycles. The van der Waals surface area contributed by atoms with Gasteiger partial charge in [-0.15, -0.1) is 12.4 Å². The van der Waals surface area contributed by atoms with Gasteiger partial charge < -0.3 is 10.6 Å². The van der Waals surface area contributed by atoms with Crippen LogP contribution in [0.2, 0.25) is 5.02 Å². The van der Waals surface area contributed by atoms with Crippen LogP contribution in [0.3, 0.4) is 0 Å². The highest BCUT2D eigenvalue weighted by molar-refractivity contribution is 6.30. The first-order chi connectivity index (χ1) is 8.58. The number of amides is 1. The van der Waals surface area contributed by atoms with Crippen molar-refractivity contribution in [2.24, 2.45) is 11.7 Å². The van der Waals surface area contributed by atoms with E-state index in [1.807, 2.05) is 11.8 Å². The lowest BCUT2D eigenvalue weighted by Crippen LogP contribution is -2.45. The minimum Gasteiger partial charge on any atom is -0.338 e. The minimum absolute atomic E-state index is 0. The van der Waals surface area contributed by atoms with Crippen LogP contribution < -0.4 is 5.73 Å². The van der Waals surface area contributed by atoms with E-state index in [1.54, 1.807) is 24.3 Å². The summed E-state index contributed by atoms with van der Waals surface area (Å²) in [5.41, 5.74) is 6.63. The van der Waals surface area contributed by atoms with Crippen LogP contribution >= 0.6 is 24.0 Å². The predicted molar refractivity (Wildman–Crippen MR) is 81.0 cm³/mol. The lowest BCUT2D eigenvalue weighted by molar-refractivity contribution is 0.0661. The van der Waals surface area contributed by atoms with Crippen molar-refractivity contribution in [3.05, 3.63) is 34.9 Å². The maximum absolute atomic E-state index is 12.3. The molecule has 0 radical (unpaired) electrons. The van der Waals surface area contributed by atoms with Gasteiger partial charge in [0.05, 0.1) is 0 Å². The standard InChI is InChI=1S/C14H19ClN2O.ClH/c1-10(16)12-3-2-8-17(9-12)14(18)11-4-6-13(15)7-5-11;/h4-7,10,12H,2-3,8-9,16H2,1H3;1H. The van der Waals surface area contributed by atoms with E-state index in [1.165, 1.54) is 0 Å². The lowest BCUT2D eigenvalue weighted by Gasteiger charge is -2.34. The Morgan fingerprint density at radius 1 is 1.42 bits per heavy atom. The largest absolute Gasteiger partial charge is 0.338 e. The Kier molecular flexibility index (Phi) is 6.11. The molecule has 2 unspecified atom stereocenters. The molecule has 106 valence electrons. The fourth-order valence-corrected chi connectivity index (χ4v) is 2.52. The van der Waals surface area contributed by atoms with Crippen LogP contribution in [-0.4, -0.2) is 29.9 Å². The van der Waals surface area contributed by atoms with Crippen molar-refractivity contribution in [3.8, 4) is 0 Å². The number of piperidine rings is 1. The van der Waals surface area contributed by atoms with Crippen molar-refractivity contribution in [1.82, 2.24) is 4.90 Å². The van der Waals surface area contributed by atoms with Gasteiger partial charge in [-0.05, 0) is 49.9 Å². The number of halogens is 2. The van der Waals surface area contributed by atoms with Gasteiger partial charge in [0.15, 0.2) is 0 Å². The van der Waals surface area contributed by atoms with Gasteiger partial charge in [0, 0.05) is 29.7 Å². The summed E-state index contributed by atoms with van der Waals surface area (Å²) in [6, 6.07) is 7.20. The van der Waals surface area contributed by atoms with E-state index in [2.05, 4.69) is 0 Å². The zero-order valence-corrected chi connectivity index (χ0v) is 12.6. The molecule has 0 aromatic heterocycles. The first-order valence-corrected chi connectivity index (χ1v) is 6.76. The van der Waals surface area contributed by atoms with Crippen LogP contribution in [0, 0.1) is 5.92 Å². The predicted octanol–water partition coefficient (Wildman–Crippen LogP) is 2.96. The summed E-state index contributed by atoms with van der Waals surface area (Å²) >= 11 is 5.83. The van der Waals surface area contributed by atoms with E-state index < -0.39 is 0 Å². The fraction of sp³-hybridized carbons (Fsp3) is 0.500. The third-order valence-electron chi connectivity index (χ3n) is 3.58. The molecule has 3 nitrogen and oxygen atoms in total. The number of benzene rings is 1. The molecule has 1 aromatic rings. The molecular weight excluding hydrogens is 283 g/mol. The molecule has 5 heteroatoms. The summed E-state index contributed by atoms with van der Waals surface area (Å²) in [5, 5.41) is 0.652. The van der Waals surface area contributed by atoms with Crippen LogP contribution in [-0.2, 0) is 0 Å². The van der Waals surface area contributed by atoms with E-state index in [0.717, 1.165) is 25.9 Å². The van der Waals surface area contributed by atoms with Gasteiger partial charge in [0.25, 0.3) is 5.91 Å². The number of nitrogens with zero attached hydrogens (tertiary/aromatic N) is 1. The number of carbonyl (C=O) groups is 1. The Morgan fingerprint density at radius 2 is 2.05 bits per heavy atom. The van der Waals surface area contributed by atoms with Gasteiger partial charge in [-0.3, -0.25) is 4.79 Å². The van der Waals surface area contributed by atoms with Crippen LogP contribution in [0.25, 0.3) is 0 Å². The molecule has 1 aromatic carbocycles. The van der Waals surface area contributed by atoms with Crippen LogP contribution in [0.15, 0.2) is 24.3 Å². The Balaban J connectivity index is 0.00000180. The Bertz CT molecular complexity index is 420. The fourth-order valence-electron chi connectivity index (χ4n) is 2.40. The SMILES string of the molecule is CC(N)C1CCCN(C(=O)c2ccc(Cl)cc2)C1.Cl. The summed E-state index contributed by atoms with van der Waals surface area (Å²) < 4.78 is 0.